The first-order chi connectivity index (χ1) is 17.0. The largest absolute Gasteiger partial charge is 0.471 e. The maximum absolute atomic E-state index is 13.8. The van der Waals surface area contributed by atoms with Gasteiger partial charge in [-0.05, 0) is 47.1 Å². The first-order valence-electron chi connectivity index (χ1n) is 11.4. The lowest BCUT2D eigenvalue weighted by Gasteiger charge is -2.23. The molecule has 0 saturated carbocycles. The lowest BCUT2D eigenvalue weighted by molar-refractivity contribution is -0.137. The van der Waals surface area contributed by atoms with Gasteiger partial charge in [-0.1, -0.05) is 91.0 Å². The minimum atomic E-state index is -4.46. The highest BCUT2D eigenvalue weighted by molar-refractivity contribution is 7.80. The summed E-state index contributed by atoms with van der Waals surface area (Å²) < 4.78 is 47.6. The van der Waals surface area contributed by atoms with E-state index in [4.69, 9.17) is 9.73 Å². The van der Waals surface area contributed by atoms with Crippen LogP contribution in [-0.2, 0) is 17.3 Å². The number of fused-ring (bicyclic) bond motifs is 3. The number of alkyl halides is 3. The molecule has 6 heteroatoms. The van der Waals surface area contributed by atoms with Gasteiger partial charge in [0.1, 0.15) is 12.1 Å². The summed E-state index contributed by atoms with van der Waals surface area (Å²) in [7, 11) is -1.13. The van der Waals surface area contributed by atoms with Gasteiger partial charge in [0.25, 0.3) is 0 Å². The van der Waals surface area contributed by atoms with E-state index >= 15 is 0 Å². The van der Waals surface area contributed by atoms with E-state index in [1.165, 1.54) is 17.7 Å². The molecular formula is C29H21F3NOP. The van der Waals surface area contributed by atoms with Crippen LogP contribution in [0.15, 0.2) is 108 Å². The molecule has 1 aliphatic heterocycles. The fourth-order valence-corrected chi connectivity index (χ4v) is 7.31. The molecule has 0 aromatic heterocycles. The normalized spacial score (nSPS) is 18.7. The maximum Gasteiger partial charge on any atom is 0.416 e. The fourth-order valence-electron chi connectivity index (χ4n) is 4.89. The van der Waals surface area contributed by atoms with Gasteiger partial charge >= 0.3 is 6.18 Å². The van der Waals surface area contributed by atoms with Crippen LogP contribution in [0.5, 0.6) is 0 Å². The second-order valence-corrected chi connectivity index (χ2v) is 10.9. The predicted molar refractivity (Wildman–Crippen MR) is 134 cm³/mol. The second-order valence-electron chi connectivity index (χ2n) is 8.67. The Bertz CT molecular complexity index is 1360. The van der Waals surface area contributed by atoms with Gasteiger partial charge in [0, 0.05) is 12.0 Å². The van der Waals surface area contributed by atoms with Crippen molar-refractivity contribution in [2.24, 2.45) is 4.99 Å². The van der Waals surface area contributed by atoms with Crippen LogP contribution in [0.4, 0.5) is 13.2 Å². The summed E-state index contributed by atoms with van der Waals surface area (Å²) in [6, 6.07) is 31.7. The topological polar surface area (TPSA) is 21.6 Å². The van der Waals surface area contributed by atoms with Crippen molar-refractivity contribution in [3.63, 3.8) is 0 Å². The number of halogens is 3. The summed E-state index contributed by atoms with van der Waals surface area (Å²) in [6.45, 7) is 0. The molecule has 0 N–H and O–H groups in total. The van der Waals surface area contributed by atoms with Crippen LogP contribution in [-0.4, -0.2) is 12.0 Å². The Balaban J connectivity index is 1.53. The Morgan fingerprint density at radius 1 is 0.771 bits per heavy atom. The number of benzene rings is 4. The van der Waals surface area contributed by atoms with Crippen LogP contribution < -0.4 is 15.9 Å². The molecule has 1 aliphatic carbocycles. The molecule has 4 aromatic rings. The molecule has 0 fully saturated rings. The molecule has 35 heavy (non-hydrogen) atoms. The molecule has 0 saturated heterocycles. The summed E-state index contributed by atoms with van der Waals surface area (Å²) in [5.41, 5.74) is 2.00. The molecule has 0 unspecified atom stereocenters. The van der Waals surface area contributed by atoms with E-state index in [0.717, 1.165) is 21.5 Å². The van der Waals surface area contributed by atoms with Gasteiger partial charge in [-0.3, -0.25) is 0 Å². The van der Waals surface area contributed by atoms with Gasteiger partial charge < -0.3 is 4.74 Å². The van der Waals surface area contributed by atoms with E-state index in [1.54, 1.807) is 6.07 Å². The highest BCUT2D eigenvalue weighted by atomic mass is 31.1. The van der Waals surface area contributed by atoms with Crippen LogP contribution in [0.25, 0.3) is 0 Å². The summed E-state index contributed by atoms with van der Waals surface area (Å²) in [4.78, 5) is 4.85. The molecule has 2 aliphatic rings. The molecule has 0 amide bonds. The molecule has 1 heterocycles. The standard InChI is InChI=1S/C29H21F3NOP/c30-29(31,32)20-15-16-26(35(21-10-3-1-4-11-21)22-12-5-2-6-13-22)24(18-20)28-33-27-23-14-8-7-9-19(23)17-25(27)34-28/h1-16,18,25,27H,17H2/t25-,27+/m0/s1. The van der Waals surface area contributed by atoms with Gasteiger partial charge in [-0.2, -0.15) is 13.2 Å². The lowest BCUT2D eigenvalue weighted by atomic mass is 10.1. The monoisotopic (exact) mass is 487 g/mol. The van der Waals surface area contributed by atoms with E-state index in [2.05, 4.69) is 6.07 Å². The molecule has 2 nitrogen and oxygen atoms in total. The van der Waals surface area contributed by atoms with Crippen molar-refractivity contribution in [3.8, 4) is 0 Å². The second kappa shape index (κ2) is 8.66. The summed E-state index contributed by atoms with van der Waals surface area (Å²) >= 11 is 0. The van der Waals surface area contributed by atoms with Gasteiger partial charge in [-0.15, -0.1) is 0 Å². The molecule has 6 rings (SSSR count). The Morgan fingerprint density at radius 3 is 2.06 bits per heavy atom. The highest BCUT2D eigenvalue weighted by Gasteiger charge is 2.41. The van der Waals surface area contributed by atoms with Crippen molar-refractivity contribution in [2.75, 3.05) is 0 Å². The van der Waals surface area contributed by atoms with Gasteiger partial charge in [0.15, 0.2) is 0 Å². The Hall–Kier alpha value is -3.43. The van der Waals surface area contributed by atoms with E-state index in [9.17, 15) is 13.2 Å². The van der Waals surface area contributed by atoms with Crippen LogP contribution >= 0.6 is 7.92 Å². The van der Waals surface area contributed by atoms with Crippen molar-refractivity contribution in [2.45, 2.75) is 24.7 Å². The van der Waals surface area contributed by atoms with E-state index in [0.29, 0.717) is 17.9 Å². The van der Waals surface area contributed by atoms with Crippen LogP contribution in [0, 0.1) is 0 Å². The lowest BCUT2D eigenvalue weighted by Crippen LogP contribution is -2.27. The van der Waals surface area contributed by atoms with Gasteiger partial charge in [0.05, 0.1) is 5.56 Å². The van der Waals surface area contributed by atoms with Crippen LogP contribution in [0.1, 0.15) is 28.3 Å². The van der Waals surface area contributed by atoms with E-state index < -0.39 is 19.7 Å². The number of aliphatic imine (C=N–C) groups is 1. The first kappa shape index (κ1) is 22.1. The van der Waals surface area contributed by atoms with Crippen molar-refractivity contribution in [3.05, 3.63) is 125 Å². The molecule has 4 aromatic carbocycles. The maximum atomic E-state index is 13.8. The number of nitrogens with zero attached hydrogens (tertiary/aromatic N) is 1. The summed E-state index contributed by atoms with van der Waals surface area (Å²) in [6.07, 6.45) is -3.95. The third kappa shape index (κ3) is 4.04. The zero-order chi connectivity index (χ0) is 24.0. The molecule has 0 radical (unpaired) electrons. The smallest absolute Gasteiger partial charge is 0.416 e. The fraction of sp³-hybridized carbons (Fsp3) is 0.138. The van der Waals surface area contributed by atoms with Crippen molar-refractivity contribution < 1.29 is 17.9 Å². The third-order valence-corrected chi connectivity index (χ3v) is 8.99. The zero-order valence-electron chi connectivity index (χ0n) is 18.6. The van der Waals surface area contributed by atoms with Crippen LogP contribution in [0.3, 0.4) is 0 Å². The predicted octanol–water partition coefficient (Wildman–Crippen LogP) is 5.91. The molecule has 2 atom stereocenters. The van der Waals surface area contributed by atoms with E-state index in [1.807, 2.05) is 78.9 Å². The van der Waals surface area contributed by atoms with Crippen LogP contribution in [0.2, 0.25) is 0 Å². The SMILES string of the molecule is FC(F)(F)c1ccc(P(c2ccccc2)c2ccccc2)c(C2=N[C@@H]3c4ccccc4C[C@@H]3O2)c1. The number of ether oxygens (including phenoxy) is 1. The van der Waals surface area contributed by atoms with Crippen molar-refractivity contribution >= 4 is 29.7 Å². The molecule has 0 bridgehead atoms. The number of hydrogen-bond acceptors (Lipinski definition) is 2. The average molecular weight is 487 g/mol. The quantitative estimate of drug-likeness (QED) is 0.328. The van der Waals surface area contributed by atoms with E-state index in [-0.39, 0.29) is 12.1 Å². The zero-order valence-corrected chi connectivity index (χ0v) is 19.5. The third-order valence-electron chi connectivity index (χ3n) is 6.49. The number of rotatable bonds is 4. The highest BCUT2D eigenvalue weighted by Crippen LogP contribution is 2.43. The summed E-state index contributed by atoms with van der Waals surface area (Å²) in [5, 5.41) is 2.91. The first-order valence-corrected chi connectivity index (χ1v) is 12.8. The minimum absolute atomic E-state index is 0.190. The number of hydrogen-bond donors (Lipinski definition) is 0. The Morgan fingerprint density at radius 2 is 1.40 bits per heavy atom. The molecule has 174 valence electrons. The molecule has 0 spiro atoms. The van der Waals surface area contributed by atoms with Crippen molar-refractivity contribution in [1.29, 1.82) is 0 Å². The Labute approximate surface area is 202 Å². The molecular weight excluding hydrogens is 466 g/mol. The Kier molecular flexibility index (Phi) is 5.46. The van der Waals surface area contributed by atoms with Gasteiger partial charge in [-0.25, -0.2) is 4.99 Å². The van der Waals surface area contributed by atoms with Crippen molar-refractivity contribution in [1.82, 2.24) is 0 Å². The average Bonchev–Trinajstić information content (AvgIpc) is 3.43. The minimum Gasteiger partial charge on any atom is -0.471 e. The summed E-state index contributed by atoms with van der Waals surface area (Å²) in [5.74, 6) is 0.301. The van der Waals surface area contributed by atoms with Gasteiger partial charge in [0.2, 0.25) is 5.90 Å².